The molecule has 4 rings (SSSR count). The summed E-state index contributed by atoms with van der Waals surface area (Å²) in [6.45, 7) is 3.47. The van der Waals surface area contributed by atoms with Crippen LogP contribution >= 0.6 is 0 Å². The fraction of sp³-hybridized carbons (Fsp3) is 0.500. The van der Waals surface area contributed by atoms with Gasteiger partial charge in [0.2, 0.25) is 0 Å². The van der Waals surface area contributed by atoms with Crippen LogP contribution in [0.1, 0.15) is 44.9 Å². The Bertz CT molecular complexity index is 693. The normalized spacial score (nSPS) is 23.2. The number of nitrogens with zero attached hydrogens (tertiary/aromatic N) is 1. The van der Waals surface area contributed by atoms with Gasteiger partial charge in [-0.05, 0) is 86.3 Å². The zero-order chi connectivity index (χ0) is 18.5. The van der Waals surface area contributed by atoms with Crippen LogP contribution in [0.3, 0.4) is 0 Å². The van der Waals surface area contributed by atoms with E-state index in [1.165, 1.54) is 80.5 Å². The van der Waals surface area contributed by atoms with Gasteiger partial charge in [0.25, 0.3) is 0 Å². The highest BCUT2D eigenvalue weighted by molar-refractivity contribution is 5.68. The average molecular weight is 364 g/mol. The summed E-state index contributed by atoms with van der Waals surface area (Å²) < 4.78 is 0. The average Bonchev–Trinajstić information content (AvgIpc) is 2.75. The van der Waals surface area contributed by atoms with Crippen molar-refractivity contribution in [2.24, 2.45) is 11.7 Å². The van der Waals surface area contributed by atoms with Gasteiger partial charge in [0, 0.05) is 37.1 Å². The molecule has 144 valence electrons. The highest BCUT2D eigenvalue weighted by Crippen LogP contribution is 2.27. The molecular weight excluding hydrogens is 330 g/mol. The molecule has 0 radical (unpaired) electrons. The van der Waals surface area contributed by atoms with Gasteiger partial charge in [-0.1, -0.05) is 24.3 Å². The SMILES string of the molecule is N[C@H]1CC[C@H](CNc2ccc(-c3ccc(N4CCCCC4)cc3)cc2)CC1. The fourth-order valence-electron chi connectivity index (χ4n) is 4.45. The summed E-state index contributed by atoms with van der Waals surface area (Å²) in [7, 11) is 0. The summed E-state index contributed by atoms with van der Waals surface area (Å²) in [5, 5.41) is 3.61. The lowest BCUT2D eigenvalue weighted by Gasteiger charge is -2.28. The van der Waals surface area contributed by atoms with Crippen LogP contribution in [-0.4, -0.2) is 25.7 Å². The summed E-state index contributed by atoms with van der Waals surface area (Å²) in [6.07, 6.45) is 8.90. The van der Waals surface area contributed by atoms with Gasteiger partial charge in [-0.25, -0.2) is 0 Å². The largest absolute Gasteiger partial charge is 0.385 e. The molecule has 1 aliphatic heterocycles. The Balaban J connectivity index is 1.33. The van der Waals surface area contributed by atoms with Crippen LogP contribution < -0.4 is 16.0 Å². The summed E-state index contributed by atoms with van der Waals surface area (Å²) in [5.41, 5.74) is 11.2. The van der Waals surface area contributed by atoms with Gasteiger partial charge in [-0.2, -0.15) is 0 Å². The first-order valence-electron chi connectivity index (χ1n) is 10.7. The van der Waals surface area contributed by atoms with E-state index >= 15 is 0 Å². The van der Waals surface area contributed by atoms with Crippen LogP contribution in [0.2, 0.25) is 0 Å². The summed E-state index contributed by atoms with van der Waals surface area (Å²) >= 11 is 0. The van der Waals surface area contributed by atoms with E-state index in [0.29, 0.717) is 6.04 Å². The highest BCUT2D eigenvalue weighted by Gasteiger charge is 2.18. The molecule has 2 aliphatic rings. The van der Waals surface area contributed by atoms with Gasteiger partial charge < -0.3 is 16.0 Å². The second-order valence-corrected chi connectivity index (χ2v) is 8.33. The molecule has 0 unspecified atom stereocenters. The van der Waals surface area contributed by atoms with E-state index in [9.17, 15) is 0 Å². The van der Waals surface area contributed by atoms with Crippen LogP contribution in [0, 0.1) is 5.92 Å². The number of hydrogen-bond donors (Lipinski definition) is 2. The van der Waals surface area contributed by atoms with Crippen molar-refractivity contribution < 1.29 is 0 Å². The van der Waals surface area contributed by atoms with E-state index in [2.05, 4.69) is 58.7 Å². The number of nitrogens with one attached hydrogen (secondary N) is 1. The Kier molecular flexibility index (Phi) is 5.98. The molecule has 1 saturated carbocycles. The van der Waals surface area contributed by atoms with E-state index in [0.717, 1.165) is 12.5 Å². The lowest BCUT2D eigenvalue weighted by molar-refractivity contribution is 0.339. The second-order valence-electron chi connectivity index (χ2n) is 8.33. The first-order valence-corrected chi connectivity index (χ1v) is 10.7. The molecule has 0 amide bonds. The van der Waals surface area contributed by atoms with Crippen molar-refractivity contribution >= 4 is 11.4 Å². The van der Waals surface area contributed by atoms with Crippen molar-refractivity contribution in [3.63, 3.8) is 0 Å². The van der Waals surface area contributed by atoms with Gasteiger partial charge in [0.05, 0.1) is 0 Å². The number of benzene rings is 2. The second kappa shape index (κ2) is 8.79. The summed E-state index contributed by atoms with van der Waals surface area (Å²) in [4.78, 5) is 2.51. The van der Waals surface area contributed by atoms with Crippen molar-refractivity contribution in [1.82, 2.24) is 0 Å². The molecule has 0 spiro atoms. The quantitative estimate of drug-likeness (QED) is 0.760. The van der Waals surface area contributed by atoms with Gasteiger partial charge in [-0.15, -0.1) is 0 Å². The Morgan fingerprint density at radius 3 is 2.00 bits per heavy atom. The third-order valence-electron chi connectivity index (χ3n) is 6.29. The lowest BCUT2D eigenvalue weighted by atomic mass is 9.86. The molecule has 0 bridgehead atoms. The molecule has 3 nitrogen and oxygen atoms in total. The van der Waals surface area contributed by atoms with Crippen molar-refractivity contribution in [2.75, 3.05) is 29.9 Å². The van der Waals surface area contributed by atoms with E-state index < -0.39 is 0 Å². The Labute approximate surface area is 164 Å². The van der Waals surface area contributed by atoms with Gasteiger partial charge >= 0.3 is 0 Å². The third-order valence-corrected chi connectivity index (χ3v) is 6.29. The van der Waals surface area contributed by atoms with E-state index in [1.807, 2.05) is 0 Å². The Hall–Kier alpha value is -2.00. The van der Waals surface area contributed by atoms with E-state index in [-0.39, 0.29) is 0 Å². The minimum atomic E-state index is 0.432. The van der Waals surface area contributed by atoms with E-state index in [1.54, 1.807) is 0 Å². The maximum Gasteiger partial charge on any atom is 0.0366 e. The first kappa shape index (κ1) is 18.4. The first-order chi connectivity index (χ1) is 13.3. The van der Waals surface area contributed by atoms with Crippen molar-refractivity contribution in [1.29, 1.82) is 0 Å². The maximum atomic E-state index is 6.00. The zero-order valence-corrected chi connectivity index (χ0v) is 16.4. The predicted octanol–water partition coefficient (Wildman–Crippen LogP) is 5.27. The Morgan fingerprint density at radius 1 is 0.778 bits per heavy atom. The molecule has 2 fully saturated rings. The van der Waals surface area contributed by atoms with Crippen molar-refractivity contribution in [2.45, 2.75) is 51.0 Å². The molecule has 2 aromatic carbocycles. The van der Waals surface area contributed by atoms with E-state index in [4.69, 9.17) is 5.73 Å². The predicted molar refractivity (Wildman–Crippen MR) is 116 cm³/mol. The number of piperidine rings is 1. The molecule has 0 aromatic heterocycles. The molecule has 1 heterocycles. The molecule has 2 aromatic rings. The molecule has 1 saturated heterocycles. The third kappa shape index (κ3) is 4.84. The van der Waals surface area contributed by atoms with Gasteiger partial charge in [0.1, 0.15) is 0 Å². The summed E-state index contributed by atoms with van der Waals surface area (Å²) in [5.74, 6) is 0.770. The Morgan fingerprint density at radius 2 is 1.37 bits per heavy atom. The minimum Gasteiger partial charge on any atom is -0.385 e. The van der Waals surface area contributed by atoms with Crippen LogP contribution in [0.4, 0.5) is 11.4 Å². The molecule has 3 heteroatoms. The standard InChI is InChI=1S/C24H33N3/c25-22-10-4-19(5-11-22)18-26-23-12-6-20(7-13-23)21-8-14-24(15-9-21)27-16-2-1-3-17-27/h6-9,12-15,19,22,26H,1-5,10-11,16-18,25H2/t19-,22-. The van der Waals surface area contributed by atoms with Crippen LogP contribution in [0.25, 0.3) is 11.1 Å². The van der Waals surface area contributed by atoms with Gasteiger partial charge in [-0.3, -0.25) is 0 Å². The van der Waals surface area contributed by atoms with Gasteiger partial charge in [0.15, 0.2) is 0 Å². The van der Waals surface area contributed by atoms with Crippen LogP contribution in [-0.2, 0) is 0 Å². The minimum absolute atomic E-state index is 0.432. The lowest BCUT2D eigenvalue weighted by Crippen LogP contribution is -2.29. The fourth-order valence-corrected chi connectivity index (χ4v) is 4.45. The zero-order valence-electron chi connectivity index (χ0n) is 16.4. The van der Waals surface area contributed by atoms with Crippen LogP contribution in [0.15, 0.2) is 48.5 Å². The van der Waals surface area contributed by atoms with Crippen LogP contribution in [0.5, 0.6) is 0 Å². The highest BCUT2D eigenvalue weighted by atomic mass is 15.1. The summed E-state index contributed by atoms with van der Waals surface area (Å²) in [6, 6.07) is 18.4. The molecule has 27 heavy (non-hydrogen) atoms. The number of rotatable bonds is 5. The number of hydrogen-bond acceptors (Lipinski definition) is 3. The monoisotopic (exact) mass is 363 g/mol. The molecule has 1 aliphatic carbocycles. The van der Waals surface area contributed by atoms with Crippen molar-refractivity contribution in [3.05, 3.63) is 48.5 Å². The number of anilines is 2. The molecular formula is C24H33N3. The maximum absolute atomic E-state index is 6.00. The topological polar surface area (TPSA) is 41.3 Å². The van der Waals surface area contributed by atoms with Crippen molar-refractivity contribution in [3.8, 4) is 11.1 Å². The molecule has 3 N–H and O–H groups in total. The molecule has 0 atom stereocenters. The number of nitrogens with two attached hydrogens (primary N) is 1. The smallest absolute Gasteiger partial charge is 0.0366 e.